The number of anilines is 1. The Labute approximate surface area is 230 Å². The van der Waals surface area contributed by atoms with Crippen molar-refractivity contribution in [2.45, 2.75) is 71.6 Å². The van der Waals surface area contributed by atoms with Crippen molar-refractivity contribution >= 4 is 28.6 Å². The highest BCUT2D eigenvalue weighted by atomic mass is 16.6. The average molecular weight is 533 g/mol. The van der Waals surface area contributed by atoms with Gasteiger partial charge in [-0.25, -0.2) is 19.4 Å². The van der Waals surface area contributed by atoms with Crippen LogP contribution in [0, 0.1) is 5.41 Å². The molecule has 39 heavy (non-hydrogen) atoms. The summed E-state index contributed by atoms with van der Waals surface area (Å²) in [5.41, 5.74) is 3.52. The minimum atomic E-state index is -0.506. The summed E-state index contributed by atoms with van der Waals surface area (Å²) in [6.07, 6.45) is 6.21. The van der Waals surface area contributed by atoms with Crippen molar-refractivity contribution in [1.82, 2.24) is 25.1 Å². The van der Waals surface area contributed by atoms with Gasteiger partial charge in [0.05, 0.1) is 6.20 Å². The number of rotatable bonds is 6. The van der Waals surface area contributed by atoms with Gasteiger partial charge in [0.15, 0.2) is 11.9 Å². The number of piperidine rings is 1. The van der Waals surface area contributed by atoms with Crippen LogP contribution in [0.15, 0.2) is 43.1 Å². The van der Waals surface area contributed by atoms with E-state index in [0.717, 1.165) is 85.6 Å². The number of fused-ring (bicyclic) bond motifs is 1. The Kier molecular flexibility index (Phi) is 7.62. The molecule has 1 atom stereocenters. The van der Waals surface area contributed by atoms with Gasteiger partial charge in [0.2, 0.25) is 0 Å². The van der Waals surface area contributed by atoms with Gasteiger partial charge in [0, 0.05) is 31.8 Å². The smallest absolute Gasteiger partial charge is 0.407 e. The fourth-order valence-corrected chi connectivity index (χ4v) is 5.20. The molecule has 9 nitrogen and oxygen atoms in total. The zero-order chi connectivity index (χ0) is 27.6. The molecule has 0 saturated carbocycles. The number of ether oxygens (including phenoxy) is 2. The summed E-state index contributed by atoms with van der Waals surface area (Å²) < 4.78 is 13.4. The van der Waals surface area contributed by atoms with Crippen LogP contribution in [0.4, 0.5) is 10.6 Å². The number of benzene rings is 1. The Balaban J connectivity index is 1.35. The maximum absolute atomic E-state index is 12.2. The van der Waals surface area contributed by atoms with Crippen molar-refractivity contribution < 1.29 is 14.3 Å². The van der Waals surface area contributed by atoms with Crippen LogP contribution in [0.3, 0.4) is 0 Å². The molecule has 2 aliphatic rings. The van der Waals surface area contributed by atoms with Crippen molar-refractivity contribution in [3.63, 3.8) is 0 Å². The summed E-state index contributed by atoms with van der Waals surface area (Å²) >= 11 is 0. The van der Waals surface area contributed by atoms with E-state index in [0.29, 0.717) is 6.54 Å². The summed E-state index contributed by atoms with van der Waals surface area (Å²) in [6, 6.07) is 10.1. The number of nitrogens with one attached hydrogen (secondary N) is 1. The van der Waals surface area contributed by atoms with Crippen molar-refractivity contribution in [2.24, 2.45) is 5.41 Å². The first-order valence-electron chi connectivity index (χ1n) is 14.0. The van der Waals surface area contributed by atoms with Gasteiger partial charge in [-0.3, -0.25) is 0 Å². The first-order chi connectivity index (χ1) is 18.6. The molecular weight excluding hydrogens is 492 g/mol. The van der Waals surface area contributed by atoms with Gasteiger partial charge in [0.1, 0.15) is 22.6 Å². The Hall–Kier alpha value is -3.46. The molecule has 5 rings (SSSR count). The molecule has 4 heterocycles. The van der Waals surface area contributed by atoms with Crippen LogP contribution in [-0.4, -0.2) is 57.7 Å². The van der Waals surface area contributed by atoms with Gasteiger partial charge >= 0.3 is 6.09 Å². The number of carbonyl (C=O) groups is 1. The summed E-state index contributed by atoms with van der Waals surface area (Å²) in [4.78, 5) is 24.4. The first kappa shape index (κ1) is 27.1. The lowest BCUT2D eigenvalue weighted by atomic mass is 9.80. The van der Waals surface area contributed by atoms with E-state index in [9.17, 15) is 4.79 Å². The van der Waals surface area contributed by atoms with E-state index in [1.54, 1.807) is 0 Å². The highest BCUT2D eigenvalue weighted by molar-refractivity contribution is 5.90. The molecule has 9 heteroatoms. The molecule has 1 aromatic carbocycles. The Morgan fingerprint density at radius 1 is 1.21 bits per heavy atom. The van der Waals surface area contributed by atoms with Gasteiger partial charge in [-0.15, -0.1) is 0 Å². The molecule has 0 aliphatic carbocycles. The summed E-state index contributed by atoms with van der Waals surface area (Å²) in [7, 11) is 0. The predicted molar refractivity (Wildman–Crippen MR) is 153 cm³/mol. The summed E-state index contributed by atoms with van der Waals surface area (Å²) in [5.74, 6) is 0.832. The third-order valence-corrected chi connectivity index (χ3v) is 7.58. The van der Waals surface area contributed by atoms with Crippen LogP contribution < -0.4 is 10.2 Å². The van der Waals surface area contributed by atoms with Crippen molar-refractivity contribution in [1.29, 1.82) is 0 Å². The summed E-state index contributed by atoms with van der Waals surface area (Å²) in [6.45, 7) is 15.1. The lowest BCUT2D eigenvalue weighted by Crippen LogP contribution is -2.46. The largest absolute Gasteiger partial charge is 0.444 e. The van der Waals surface area contributed by atoms with Crippen LogP contribution in [0.2, 0.25) is 0 Å². The third kappa shape index (κ3) is 6.24. The van der Waals surface area contributed by atoms with E-state index in [-0.39, 0.29) is 17.7 Å². The van der Waals surface area contributed by atoms with Crippen LogP contribution >= 0.6 is 0 Å². The van der Waals surface area contributed by atoms with E-state index in [2.05, 4.69) is 23.7 Å². The number of hydrogen-bond acceptors (Lipinski definition) is 7. The molecule has 0 radical (unpaired) electrons. The van der Waals surface area contributed by atoms with E-state index in [4.69, 9.17) is 24.5 Å². The zero-order valence-corrected chi connectivity index (χ0v) is 23.6. The minimum absolute atomic E-state index is 0.0107. The number of amides is 1. The Morgan fingerprint density at radius 3 is 2.62 bits per heavy atom. The second-order valence-electron chi connectivity index (χ2n) is 12.0. The average Bonchev–Trinajstić information content (AvgIpc) is 3.31. The number of nitrogens with zero attached hydrogens (tertiary/aromatic N) is 5. The second kappa shape index (κ2) is 11.0. The van der Waals surface area contributed by atoms with Crippen molar-refractivity contribution in [2.75, 3.05) is 31.1 Å². The van der Waals surface area contributed by atoms with Gasteiger partial charge in [0.25, 0.3) is 0 Å². The number of carbonyl (C=O) groups excluding carboxylic acids is 1. The first-order valence-corrected chi connectivity index (χ1v) is 14.0. The molecule has 0 spiro atoms. The standard InChI is InChI=1S/C30H40N6O3/c1-21(22-11-7-6-8-12-22)25-26-27(36(34-25)24-13-9-10-18-38-24)33-23(19-31-26)35-16-14-30(5,15-17-35)20-32-28(37)39-29(2,3)4/h6-8,11-12,19,24H,1,9-10,13-18,20H2,2-5H3,(H,32,37). The van der Waals surface area contributed by atoms with E-state index >= 15 is 0 Å². The molecule has 1 amide bonds. The highest BCUT2D eigenvalue weighted by Gasteiger charge is 2.32. The zero-order valence-electron chi connectivity index (χ0n) is 23.6. The number of aromatic nitrogens is 4. The van der Waals surface area contributed by atoms with Gasteiger partial charge < -0.3 is 19.7 Å². The van der Waals surface area contributed by atoms with E-state index < -0.39 is 5.60 Å². The Bertz CT molecular complexity index is 1320. The molecule has 1 N–H and O–H groups in total. The fraction of sp³-hybridized carbons (Fsp3) is 0.533. The fourth-order valence-electron chi connectivity index (χ4n) is 5.20. The normalized spacial score (nSPS) is 19.6. The molecule has 1 unspecified atom stereocenters. The quantitative estimate of drug-likeness (QED) is 0.434. The van der Waals surface area contributed by atoms with Crippen LogP contribution in [0.25, 0.3) is 16.7 Å². The lowest BCUT2D eigenvalue weighted by molar-refractivity contribution is -0.0370. The maximum Gasteiger partial charge on any atom is 0.407 e. The predicted octanol–water partition coefficient (Wildman–Crippen LogP) is 5.72. The molecule has 2 aromatic heterocycles. The van der Waals surface area contributed by atoms with Crippen LogP contribution in [0.1, 0.15) is 77.3 Å². The third-order valence-electron chi connectivity index (χ3n) is 7.58. The monoisotopic (exact) mass is 532 g/mol. The van der Waals surface area contributed by atoms with Crippen LogP contribution in [0.5, 0.6) is 0 Å². The number of hydrogen-bond donors (Lipinski definition) is 1. The maximum atomic E-state index is 12.2. The Morgan fingerprint density at radius 2 is 1.95 bits per heavy atom. The lowest BCUT2D eigenvalue weighted by Gasteiger charge is -2.40. The van der Waals surface area contributed by atoms with E-state index in [1.807, 2.05) is 62.0 Å². The molecule has 208 valence electrons. The SMILES string of the molecule is C=C(c1ccccc1)c1nn(C2CCCCO2)c2nc(N3CCC(C)(CNC(=O)OC(C)(C)C)CC3)cnc12. The van der Waals surface area contributed by atoms with Gasteiger partial charge in [-0.2, -0.15) is 5.10 Å². The van der Waals surface area contributed by atoms with Crippen LogP contribution in [-0.2, 0) is 9.47 Å². The molecule has 2 saturated heterocycles. The molecular formula is C30H40N6O3. The molecule has 0 bridgehead atoms. The van der Waals surface area contributed by atoms with Gasteiger partial charge in [-0.1, -0.05) is 43.8 Å². The summed E-state index contributed by atoms with van der Waals surface area (Å²) in [5, 5.41) is 7.92. The van der Waals surface area contributed by atoms with Crippen molar-refractivity contribution in [3.05, 3.63) is 54.4 Å². The second-order valence-corrected chi connectivity index (χ2v) is 12.0. The molecule has 2 fully saturated rings. The molecule has 3 aromatic rings. The minimum Gasteiger partial charge on any atom is -0.444 e. The topological polar surface area (TPSA) is 94.4 Å². The number of alkyl carbamates (subject to hydrolysis) is 1. The van der Waals surface area contributed by atoms with Gasteiger partial charge in [-0.05, 0) is 63.9 Å². The van der Waals surface area contributed by atoms with Crippen molar-refractivity contribution in [3.8, 4) is 0 Å². The molecule has 2 aliphatic heterocycles. The van der Waals surface area contributed by atoms with E-state index in [1.165, 1.54) is 0 Å². The highest BCUT2D eigenvalue weighted by Crippen LogP contribution is 2.35.